The van der Waals surface area contributed by atoms with Gasteiger partial charge in [0.1, 0.15) is 0 Å². The highest BCUT2D eigenvalue weighted by atomic mass is 16.2. The van der Waals surface area contributed by atoms with E-state index in [0.29, 0.717) is 12.1 Å². The van der Waals surface area contributed by atoms with Gasteiger partial charge in [-0.05, 0) is 29.8 Å². The molecule has 5 heteroatoms. The number of carbonyl (C=O) groups excluding carboxylic acids is 1. The minimum absolute atomic E-state index is 0.279. The minimum Gasteiger partial charge on any atom is -0.334 e. The number of aromatic nitrogens is 1. The van der Waals surface area contributed by atoms with Gasteiger partial charge in [0.15, 0.2) is 0 Å². The van der Waals surface area contributed by atoms with Crippen LogP contribution < -0.4 is 10.6 Å². The molecule has 0 aliphatic carbocycles. The van der Waals surface area contributed by atoms with Gasteiger partial charge in [-0.1, -0.05) is 24.3 Å². The van der Waals surface area contributed by atoms with Gasteiger partial charge < -0.3 is 10.6 Å². The molecule has 0 aliphatic rings. The third-order valence-corrected chi connectivity index (χ3v) is 3.47. The molecule has 2 N–H and O–H groups in total. The molecule has 112 valence electrons. The Balaban J connectivity index is 1.65. The fourth-order valence-corrected chi connectivity index (χ4v) is 2.28. The van der Waals surface area contributed by atoms with E-state index in [2.05, 4.69) is 21.7 Å². The largest absolute Gasteiger partial charge is 0.334 e. The van der Waals surface area contributed by atoms with Gasteiger partial charge in [-0.2, -0.15) is 5.26 Å². The number of pyridine rings is 1. The molecule has 0 radical (unpaired) electrons. The van der Waals surface area contributed by atoms with Gasteiger partial charge >= 0.3 is 6.03 Å². The van der Waals surface area contributed by atoms with Crippen LogP contribution in [-0.4, -0.2) is 11.0 Å². The molecule has 1 aromatic heterocycles. The van der Waals surface area contributed by atoms with Crippen LogP contribution in [0.2, 0.25) is 0 Å². The van der Waals surface area contributed by atoms with Crippen molar-refractivity contribution in [1.29, 1.82) is 5.26 Å². The average Bonchev–Trinajstić information content (AvgIpc) is 2.61. The van der Waals surface area contributed by atoms with Crippen LogP contribution in [0.15, 0.2) is 60.9 Å². The van der Waals surface area contributed by atoms with Gasteiger partial charge in [0.2, 0.25) is 0 Å². The number of fused-ring (bicyclic) bond motifs is 1. The summed E-state index contributed by atoms with van der Waals surface area (Å²) in [5.41, 5.74) is 2.27. The highest BCUT2D eigenvalue weighted by molar-refractivity contribution is 6.01. The lowest BCUT2D eigenvalue weighted by molar-refractivity contribution is 0.252. The number of nitriles is 1. The van der Waals surface area contributed by atoms with Gasteiger partial charge in [-0.15, -0.1) is 0 Å². The number of rotatable bonds is 3. The zero-order chi connectivity index (χ0) is 16.1. The number of anilines is 1. The molecular weight excluding hydrogens is 288 g/mol. The lowest BCUT2D eigenvalue weighted by atomic mass is 10.1. The SMILES string of the molecule is N#Cc1ccc(CNC(=O)Nc2cccc3cnccc23)cc1. The van der Waals surface area contributed by atoms with Crippen molar-refractivity contribution in [1.82, 2.24) is 10.3 Å². The van der Waals surface area contributed by atoms with E-state index < -0.39 is 0 Å². The Hall–Kier alpha value is -3.39. The summed E-state index contributed by atoms with van der Waals surface area (Å²) in [5.74, 6) is 0. The summed E-state index contributed by atoms with van der Waals surface area (Å²) in [6.07, 6.45) is 3.46. The number of hydrogen-bond acceptors (Lipinski definition) is 3. The van der Waals surface area contributed by atoms with E-state index in [-0.39, 0.29) is 6.03 Å². The van der Waals surface area contributed by atoms with Gasteiger partial charge in [-0.3, -0.25) is 4.98 Å². The number of nitrogens with one attached hydrogen (secondary N) is 2. The van der Waals surface area contributed by atoms with E-state index in [0.717, 1.165) is 22.0 Å². The van der Waals surface area contributed by atoms with Gasteiger partial charge in [0, 0.05) is 29.7 Å². The maximum atomic E-state index is 12.1. The molecule has 1 heterocycles. The van der Waals surface area contributed by atoms with E-state index >= 15 is 0 Å². The Labute approximate surface area is 133 Å². The highest BCUT2D eigenvalue weighted by Crippen LogP contribution is 2.21. The molecule has 0 saturated heterocycles. The van der Waals surface area contributed by atoms with Crippen LogP contribution in [0.1, 0.15) is 11.1 Å². The standard InChI is InChI=1S/C18H14N4O/c19-10-13-4-6-14(7-5-13)11-21-18(23)22-17-3-1-2-15-12-20-9-8-16(15)17/h1-9,12H,11H2,(H2,21,22,23). The van der Waals surface area contributed by atoms with Gasteiger partial charge in [-0.25, -0.2) is 4.79 Å². The molecule has 3 aromatic rings. The van der Waals surface area contributed by atoms with Crippen molar-refractivity contribution in [2.24, 2.45) is 0 Å². The predicted octanol–water partition coefficient (Wildman–Crippen LogP) is 3.43. The third-order valence-electron chi connectivity index (χ3n) is 3.47. The van der Waals surface area contributed by atoms with Crippen LogP contribution in [-0.2, 0) is 6.54 Å². The van der Waals surface area contributed by atoms with Gasteiger partial charge in [0.05, 0.1) is 17.3 Å². The molecule has 0 saturated carbocycles. The Bertz CT molecular complexity index is 876. The Kier molecular flexibility index (Phi) is 4.16. The Morgan fingerprint density at radius 1 is 1.13 bits per heavy atom. The summed E-state index contributed by atoms with van der Waals surface area (Å²) in [7, 11) is 0. The fraction of sp³-hybridized carbons (Fsp3) is 0.0556. The monoisotopic (exact) mass is 302 g/mol. The lowest BCUT2D eigenvalue weighted by Gasteiger charge is -2.10. The number of carbonyl (C=O) groups is 1. The fourth-order valence-electron chi connectivity index (χ4n) is 2.28. The second kappa shape index (κ2) is 6.58. The highest BCUT2D eigenvalue weighted by Gasteiger charge is 2.05. The van der Waals surface area contributed by atoms with Crippen molar-refractivity contribution in [2.75, 3.05) is 5.32 Å². The summed E-state index contributed by atoms with van der Waals surface area (Å²) in [6, 6.07) is 16.4. The normalized spacial score (nSPS) is 10.0. The lowest BCUT2D eigenvalue weighted by Crippen LogP contribution is -2.28. The first-order valence-corrected chi connectivity index (χ1v) is 7.13. The number of amides is 2. The topological polar surface area (TPSA) is 77.8 Å². The van der Waals surface area contributed by atoms with E-state index in [9.17, 15) is 4.79 Å². The summed E-state index contributed by atoms with van der Waals surface area (Å²) in [6.45, 7) is 0.393. The molecule has 3 rings (SSSR count). The molecule has 0 unspecified atom stereocenters. The second-order valence-electron chi connectivity index (χ2n) is 5.02. The van der Waals surface area contributed by atoms with Crippen molar-refractivity contribution in [2.45, 2.75) is 6.54 Å². The number of benzene rings is 2. The van der Waals surface area contributed by atoms with E-state index in [1.807, 2.05) is 36.4 Å². The van der Waals surface area contributed by atoms with Crippen LogP contribution in [0.3, 0.4) is 0 Å². The van der Waals surface area contributed by atoms with Crippen molar-refractivity contribution in [3.05, 3.63) is 72.1 Å². The summed E-state index contributed by atoms with van der Waals surface area (Å²) >= 11 is 0. The smallest absolute Gasteiger partial charge is 0.319 e. The van der Waals surface area contributed by atoms with Crippen LogP contribution in [0, 0.1) is 11.3 Å². The molecular formula is C18H14N4O. The van der Waals surface area contributed by atoms with Crippen LogP contribution >= 0.6 is 0 Å². The molecule has 2 amide bonds. The summed E-state index contributed by atoms with van der Waals surface area (Å²) in [4.78, 5) is 16.1. The number of hydrogen-bond donors (Lipinski definition) is 2. The van der Waals surface area contributed by atoms with Crippen LogP contribution in [0.25, 0.3) is 10.8 Å². The molecule has 0 spiro atoms. The molecule has 0 bridgehead atoms. The Morgan fingerprint density at radius 2 is 1.96 bits per heavy atom. The summed E-state index contributed by atoms with van der Waals surface area (Å²) in [5, 5.41) is 16.3. The zero-order valence-electron chi connectivity index (χ0n) is 12.3. The predicted molar refractivity (Wildman–Crippen MR) is 88.8 cm³/mol. The first-order chi connectivity index (χ1) is 11.3. The Morgan fingerprint density at radius 3 is 2.74 bits per heavy atom. The first-order valence-electron chi connectivity index (χ1n) is 7.13. The minimum atomic E-state index is -0.279. The molecule has 5 nitrogen and oxygen atoms in total. The molecule has 2 aromatic carbocycles. The van der Waals surface area contributed by atoms with Crippen molar-refractivity contribution < 1.29 is 4.79 Å². The van der Waals surface area contributed by atoms with E-state index in [1.165, 1.54) is 0 Å². The number of nitrogens with zero attached hydrogens (tertiary/aromatic N) is 2. The third kappa shape index (κ3) is 3.44. The van der Waals surface area contributed by atoms with E-state index in [4.69, 9.17) is 5.26 Å². The second-order valence-corrected chi connectivity index (χ2v) is 5.02. The van der Waals surface area contributed by atoms with E-state index in [1.54, 1.807) is 24.5 Å². The molecule has 0 aliphatic heterocycles. The van der Waals surface area contributed by atoms with Crippen LogP contribution in [0.5, 0.6) is 0 Å². The van der Waals surface area contributed by atoms with Gasteiger partial charge in [0.25, 0.3) is 0 Å². The molecule has 23 heavy (non-hydrogen) atoms. The maximum absolute atomic E-state index is 12.1. The zero-order valence-corrected chi connectivity index (χ0v) is 12.3. The van der Waals surface area contributed by atoms with Crippen molar-refractivity contribution in [3.8, 4) is 6.07 Å². The van der Waals surface area contributed by atoms with Crippen LogP contribution in [0.4, 0.5) is 10.5 Å². The maximum Gasteiger partial charge on any atom is 0.319 e. The quantitative estimate of drug-likeness (QED) is 0.778. The average molecular weight is 302 g/mol. The molecule has 0 fully saturated rings. The molecule has 0 atom stereocenters. The van der Waals surface area contributed by atoms with Crippen molar-refractivity contribution >= 4 is 22.5 Å². The first kappa shape index (κ1) is 14.5. The number of urea groups is 1. The van der Waals surface area contributed by atoms with Crippen molar-refractivity contribution in [3.63, 3.8) is 0 Å². The summed E-state index contributed by atoms with van der Waals surface area (Å²) < 4.78 is 0.